The Morgan fingerprint density at radius 2 is 1.97 bits per heavy atom. The largest absolute Gasteiger partial charge is 0.457 e. The maximum absolute atomic E-state index is 12.5. The predicted molar refractivity (Wildman–Crippen MR) is 141 cm³/mol. The number of ether oxygens (including phenoxy) is 1. The van der Waals surface area contributed by atoms with Crippen molar-refractivity contribution in [3.8, 4) is 11.5 Å². The van der Waals surface area contributed by atoms with E-state index in [1.54, 1.807) is 24.4 Å². The van der Waals surface area contributed by atoms with Crippen LogP contribution in [0.25, 0.3) is 0 Å². The monoisotopic (exact) mass is 474 g/mol. The summed E-state index contributed by atoms with van der Waals surface area (Å²) in [7, 11) is 1.98. The summed E-state index contributed by atoms with van der Waals surface area (Å²) in [5, 5.41) is 9.72. The summed E-state index contributed by atoms with van der Waals surface area (Å²) in [4.78, 5) is 18.7. The quantitative estimate of drug-likeness (QED) is 0.260. The van der Waals surface area contributed by atoms with Gasteiger partial charge in [0.05, 0.1) is 18.0 Å². The third-order valence-corrected chi connectivity index (χ3v) is 6.16. The number of nitrogens with zero attached hydrogens (tertiary/aromatic N) is 2. The van der Waals surface area contributed by atoms with Crippen LogP contribution < -0.4 is 31.3 Å². The smallest absolute Gasteiger partial charge is 0.270 e. The van der Waals surface area contributed by atoms with Crippen molar-refractivity contribution in [1.82, 2.24) is 15.6 Å². The third kappa shape index (κ3) is 6.64. The Balaban J connectivity index is 1.33. The normalized spacial score (nSPS) is 15.0. The van der Waals surface area contributed by atoms with Gasteiger partial charge in [0.25, 0.3) is 5.91 Å². The van der Waals surface area contributed by atoms with Gasteiger partial charge < -0.3 is 31.3 Å². The highest BCUT2D eigenvalue weighted by Crippen LogP contribution is 2.30. The SMILES string of the molecule is CCc1ccc(NCN(C)c2ccc(Oc3ccnc(C(=O)NCC4CCCN4)c3)cc2N)cc1. The van der Waals surface area contributed by atoms with Gasteiger partial charge in [0, 0.05) is 43.7 Å². The van der Waals surface area contributed by atoms with Crippen molar-refractivity contribution >= 4 is 23.0 Å². The maximum Gasteiger partial charge on any atom is 0.270 e. The second-order valence-corrected chi connectivity index (χ2v) is 8.79. The number of carbonyl (C=O) groups excluding carboxylic acids is 1. The highest BCUT2D eigenvalue weighted by atomic mass is 16.5. The minimum Gasteiger partial charge on any atom is -0.457 e. The van der Waals surface area contributed by atoms with Crippen LogP contribution in [-0.2, 0) is 6.42 Å². The Morgan fingerprint density at radius 1 is 1.17 bits per heavy atom. The van der Waals surface area contributed by atoms with Crippen molar-refractivity contribution in [3.63, 3.8) is 0 Å². The average molecular weight is 475 g/mol. The fourth-order valence-electron chi connectivity index (χ4n) is 4.07. The second kappa shape index (κ2) is 11.6. The number of nitrogens with two attached hydrogens (primary N) is 1. The molecule has 4 rings (SSSR count). The van der Waals surface area contributed by atoms with E-state index in [0.29, 0.717) is 42.1 Å². The molecule has 1 amide bonds. The molecule has 1 aromatic heterocycles. The summed E-state index contributed by atoms with van der Waals surface area (Å²) in [6.07, 6.45) is 4.81. The molecule has 3 aromatic rings. The molecular formula is C27H34N6O2. The molecule has 5 N–H and O–H groups in total. The van der Waals surface area contributed by atoms with Crippen LogP contribution in [-0.4, -0.2) is 43.7 Å². The van der Waals surface area contributed by atoms with Crippen molar-refractivity contribution in [2.24, 2.45) is 0 Å². The first kappa shape index (κ1) is 24.3. The Hall–Kier alpha value is -3.78. The summed E-state index contributed by atoms with van der Waals surface area (Å²) in [5.41, 5.74) is 10.5. The van der Waals surface area contributed by atoms with E-state index >= 15 is 0 Å². The Kier molecular flexibility index (Phi) is 8.05. The Labute approximate surface area is 206 Å². The van der Waals surface area contributed by atoms with Crippen molar-refractivity contribution in [2.75, 3.05) is 42.8 Å². The number of aryl methyl sites for hydroxylation is 1. The predicted octanol–water partition coefficient (Wildman–Crippen LogP) is 4.01. The molecule has 1 atom stereocenters. The molecule has 1 saturated heterocycles. The lowest BCUT2D eigenvalue weighted by atomic mass is 10.1. The van der Waals surface area contributed by atoms with Crippen LogP contribution in [0.4, 0.5) is 17.1 Å². The standard InChI is InChI=1S/C27H34N6O2/c1-3-19-6-8-20(9-7-19)32-18-33(2)26-11-10-22(15-24(26)28)35-23-12-14-30-25(16-23)27(34)31-17-21-5-4-13-29-21/h6-12,14-16,21,29,32H,3-5,13,17-18,28H2,1-2H3,(H,31,34). The van der Waals surface area contributed by atoms with E-state index < -0.39 is 0 Å². The van der Waals surface area contributed by atoms with Crippen LogP contribution in [0.5, 0.6) is 11.5 Å². The first-order valence-corrected chi connectivity index (χ1v) is 12.1. The first-order valence-electron chi connectivity index (χ1n) is 12.1. The molecule has 1 aliphatic heterocycles. The van der Waals surface area contributed by atoms with Gasteiger partial charge in [0.15, 0.2) is 0 Å². The molecule has 2 aromatic carbocycles. The molecular weight excluding hydrogens is 440 g/mol. The van der Waals surface area contributed by atoms with Crippen molar-refractivity contribution < 1.29 is 9.53 Å². The average Bonchev–Trinajstić information content (AvgIpc) is 3.40. The third-order valence-electron chi connectivity index (χ3n) is 6.16. The van der Waals surface area contributed by atoms with Crippen molar-refractivity contribution in [2.45, 2.75) is 32.2 Å². The molecule has 0 aliphatic carbocycles. The number of nitrogen functional groups attached to an aromatic ring is 1. The van der Waals surface area contributed by atoms with Crippen molar-refractivity contribution in [3.05, 3.63) is 72.1 Å². The molecule has 1 unspecified atom stereocenters. The van der Waals surface area contributed by atoms with E-state index in [0.717, 1.165) is 37.2 Å². The van der Waals surface area contributed by atoms with Gasteiger partial charge in [-0.25, -0.2) is 0 Å². The van der Waals surface area contributed by atoms with Crippen LogP contribution in [0.1, 0.15) is 35.8 Å². The van der Waals surface area contributed by atoms with Gasteiger partial charge in [-0.05, 0) is 61.7 Å². The number of benzene rings is 2. The van der Waals surface area contributed by atoms with Crippen LogP contribution in [0.3, 0.4) is 0 Å². The first-order chi connectivity index (χ1) is 17.0. The van der Waals surface area contributed by atoms with E-state index in [1.807, 2.05) is 24.1 Å². The van der Waals surface area contributed by atoms with E-state index in [9.17, 15) is 4.79 Å². The van der Waals surface area contributed by atoms with Gasteiger partial charge >= 0.3 is 0 Å². The molecule has 1 aliphatic rings. The number of pyridine rings is 1. The summed E-state index contributed by atoms with van der Waals surface area (Å²) in [6, 6.07) is 17.7. The fraction of sp³-hybridized carbons (Fsp3) is 0.333. The number of rotatable bonds is 10. The second-order valence-electron chi connectivity index (χ2n) is 8.79. The number of hydrogen-bond acceptors (Lipinski definition) is 7. The molecule has 0 radical (unpaired) electrons. The van der Waals surface area contributed by atoms with Crippen LogP contribution in [0.15, 0.2) is 60.8 Å². The molecule has 0 spiro atoms. The van der Waals surface area contributed by atoms with Crippen LogP contribution in [0, 0.1) is 0 Å². The lowest BCUT2D eigenvalue weighted by Gasteiger charge is -2.22. The number of nitrogens with one attached hydrogen (secondary N) is 3. The molecule has 0 saturated carbocycles. The summed E-state index contributed by atoms with van der Waals surface area (Å²) >= 11 is 0. The summed E-state index contributed by atoms with van der Waals surface area (Å²) in [5.74, 6) is 0.912. The summed E-state index contributed by atoms with van der Waals surface area (Å²) < 4.78 is 5.97. The molecule has 35 heavy (non-hydrogen) atoms. The molecule has 8 heteroatoms. The van der Waals surface area contributed by atoms with Gasteiger partial charge in [-0.1, -0.05) is 19.1 Å². The number of carbonyl (C=O) groups is 1. The highest BCUT2D eigenvalue weighted by Gasteiger charge is 2.16. The molecule has 184 valence electrons. The van der Waals surface area contributed by atoms with E-state index in [2.05, 4.69) is 52.1 Å². The van der Waals surface area contributed by atoms with Gasteiger partial charge in [-0.2, -0.15) is 0 Å². The van der Waals surface area contributed by atoms with Crippen LogP contribution >= 0.6 is 0 Å². The fourth-order valence-corrected chi connectivity index (χ4v) is 4.07. The Morgan fingerprint density at radius 3 is 2.69 bits per heavy atom. The summed E-state index contributed by atoms with van der Waals surface area (Å²) in [6.45, 7) is 4.35. The van der Waals surface area contributed by atoms with Crippen molar-refractivity contribution in [1.29, 1.82) is 0 Å². The van der Waals surface area contributed by atoms with E-state index in [-0.39, 0.29) is 5.91 Å². The lowest BCUT2D eigenvalue weighted by Crippen LogP contribution is -2.37. The minimum absolute atomic E-state index is 0.211. The van der Waals surface area contributed by atoms with Gasteiger partial charge in [-0.15, -0.1) is 0 Å². The zero-order valence-corrected chi connectivity index (χ0v) is 20.4. The molecule has 2 heterocycles. The number of anilines is 3. The van der Waals surface area contributed by atoms with E-state index in [4.69, 9.17) is 10.5 Å². The topological polar surface area (TPSA) is 105 Å². The molecule has 8 nitrogen and oxygen atoms in total. The minimum atomic E-state index is -0.211. The number of aromatic nitrogens is 1. The molecule has 0 bridgehead atoms. The van der Waals surface area contributed by atoms with Gasteiger partial charge in [0.2, 0.25) is 0 Å². The lowest BCUT2D eigenvalue weighted by molar-refractivity contribution is 0.0945. The zero-order chi connectivity index (χ0) is 24.6. The van der Waals surface area contributed by atoms with E-state index in [1.165, 1.54) is 5.56 Å². The van der Waals surface area contributed by atoms with Gasteiger partial charge in [-0.3, -0.25) is 9.78 Å². The zero-order valence-electron chi connectivity index (χ0n) is 20.4. The maximum atomic E-state index is 12.5. The van der Waals surface area contributed by atoms with Gasteiger partial charge in [0.1, 0.15) is 17.2 Å². The van der Waals surface area contributed by atoms with Crippen LogP contribution in [0.2, 0.25) is 0 Å². The number of amides is 1. The molecule has 1 fully saturated rings. The Bertz CT molecular complexity index is 1130. The highest BCUT2D eigenvalue weighted by molar-refractivity contribution is 5.92. The number of hydrogen-bond donors (Lipinski definition) is 4.